The summed E-state index contributed by atoms with van der Waals surface area (Å²) in [6.07, 6.45) is 3.66. The van der Waals surface area contributed by atoms with Crippen molar-refractivity contribution in [2.24, 2.45) is 5.16 Å². The zero-order valence-electron chi connectivity index (χ0n) is 6.02. The highest BCUT2D eigenvalue weighted by atomic mass is 32.2. The lowest BCUT2D eigenvalue weighted by molar-refractivity contribution is 0.319. The lowest BCUT2D eigenvalue weighted by Gasteiger charge is -1.95. The Bertz CT molecular complexity index is 233. The largest absolute Gasteiger partial charge is 0.411 e. The van der Waals surface area contributed by atoms with Gasteiger partial charge in [0.15, 0.2) is 0 Å². The third kappa shape index (κ3) is 2.20. The molecule has 0 unspecified atom stereocenters. The van der Waals surface area contributed by atoms with E-state index in [1.165, 1.54) is 11.3 Å². The summed E-state index contributed by atoms with van der Waals surface area (Å²) in [4.78, 5) is 4.02. The minimum atomic E-state index is 0.646. The fraction of sp³-hybridized carbons (Fsp3) is 0.333. The Balaban J connectivity index is 2.72. The van der Waals surface area contributed by atoms with E-state index >= 15 is 0 Å². The van der Waals surface area contributed by atoms with Gasteiger partial charge in [-0.3, -0.25) is 0 Å². The quantitative estimate of drug-likeness (QED) is 0.446. The SMILES string of the molecule is CSCC(=NO)c1nccs1. The summed E-state index contributed by atoms with van der Waals surface area (Å²) in [5, 5.41) is 14.4. The van der Waals surface area contributed by atoms with Gasteiger partial charge in [0.05, 0.1) is 0 Å². The molecule has 1 heterocycles. The van der Waals surface area contributed by atoms with Gasteiger partial charge in [-0.05, 0) is 6.26 Å². The molecule has 1 aromatic rings. The van der Waals surface area contributed by atoms with E-state index in [2.05, 4.69) is 10.1 Å². The molecule has 0 spiro atoms. The van der Waals surface area contributed by atoms with Crippen LogP contribution in [-0.2, 0) is 0 Å². The van der Waals surface area contributed by atoms with Crippen LogP contribution in [0.4, 0.5) is 0 Å². The van der Waals surface area contributed by atoms with Gasteiger partial charge in [-0.25, -0.2) is 4.98 Å². The molecular weight excluding hydrogens is 180 g/mol. The highest BCUT2D eigenvalue weighted by Gasteiger charge is 2.04. The molecule has 0 bridgehead atoms. The minimum Gasteiger partial charge on any atom is -0.411 e. The van der Waals surface area contributed by atoms with Crippen molar-refractivity contribution in [2.45, 2.75) is 0 Å². The smallest absolute Gasteiger partial charge is 0.141 e. The van der Waals surface area contributed by atoms with Gasteiger partial charge in [0, 0.05) is 17.3 Å². The van der Waals surface area contributed by atoms with Crippen molar-refractivity contribution in [2.75, 3.05) is 12.0 Å². The van der Waals surface area contributed by atoms with Crippen LogP contribution in [0.15, 0.2) is 16.7 Å². The van der Waals surface area contributed by atoms with Crippen molar-refractivity contribution >= 4 is 28.8 Å². The Morgan fingerprint density at radius 3 is 3.18 bits per heavy atom. The molecule has 1 N–H and O–H groups in total. The predicted octanol–water partition coefficient (Wildman–Crippen LogP) is 1.68. The van der Waals surface area contributed by atoms with E-state index in [-0.39, 0.29) is 0 Å². The van der Waals surface area contributed by atoms with E-state index in [1.807, 2.05) is 11.6 Å². The van der Waals surface area contributed by atoms with Gasteiger partial charge in [-0.15, -0.1) is 11.3 Å². The van der Waals surface area contributed by atoms with Crippen LogP contribution in [-0.4, -0.2) is 27.9 Å². The van der Waals surface area contributed by atoms with Gasteiger partial charge in [0.1, 0.15) is 10.7 Å². The number of thioether (sulfide) groups is 1. The van der Waals surface area contributed by atoms with Gasteiger partial charge >= 0.3 is 0 Å². The summed E-state index contributed by atoms with van der Waals surface area (Å²) in [7, 11) is 0. The molecule has 0 aromatic carbocycles. The molecule has 0 saturated carbocycles. The van der Waals surface area contributed by atoms with Crippen LogP contribution in [0.25, 0.3) is 0 Å². The molecule has 60 valence electrons. The van der Waals surface area contributed by atoms with E-state index in [4.69, 9.17) is 5.21 Å². The maximum absolute atomic E-state index is 8.57. The standard InChI is InChI=1S/C6H8N2OS2/c1-10-4-5(8-9)6-7-2-3-11-6/h2-3,9H,4H2,1H3. The average molecular weight is 188 g/mol. The predicted molar refractivity (Wildman–Crippen MR) is 48.8 cm³/mol. The maximum Gasteiger partial charge on any atom is 0.141 e. The number of aromatic nitrogens is 1. The lowest BCUT2D eigenvalue weighted by Crippen LogP contribution is -2.02. The van der Waals surface area contributed by atoms with Crippen LogP contribution in [0, 0.1) is 0 Å². The molecule has 0 aliphatic heterocycles. The summed E-state index contributed by atoms with van der Waals surface area (Å²) >= 11 is 3.09. The van der Waals surface area contributed by atoms with Gasteiger partial charge in [-0.2, -0.15) is 11.8 Å². The van der Waals surface area contributed by atoms with E-state index in [0.717, 1.165) is 5.01 Å². The number of oxime groups is 1. The Kier molecular flexibility index (Phi) is 3.38. The van der Waals surface area contributed by atoms with Crippen LogP contribution in [0.5, 0.6) is 0 Å². The zero-order chi connectivity index (χ0) is 8.10. The third-order valence-corrected chi connectivity index (χ3v) is 2.47. The van der Waals surface area contributed by atoms with Crippen molar-refractivity contribution in [1.82, 2.24) is 4.98 Å². The Morgan fingerprint density at radius 2 is 2.73 bits per heavy atom. The monoisotopic (exact) mass is 188 g/mol. The summed E-state index contributed by atoms with van der Waals surface area (Å²) in [6.45, 7) is 0. The Hall–Kier alpha value is -0.550. The van der Waals surface area contributed by atoms with E-state index in [0.29, 0.717) is 11.5 Å². The molecule has 1 aromatic heterocycles. The Morgan fingerprint density at radius 1 is 1.91 bits per heavy atom. The molecular formula is C6H8N2OS2. The molecule has 3 nitrogen and oxygen atoms in total. The molecule has 0 aliphatic carbocycles. The normalized spacial score (nSPS) is 11.9. The second kappa shape index (κ2) is 4.35. The average Bonchev–Trinajstić information content (AvgIpc) is 2.52. The number of rotatable bonds is 3. The van der Waals surface area contributed by atoms with Crippen molar-refractivity contribution < 1.29 is 5.21 Å². The first-order valence-corrected chi connectivity index (χ1v) is 5.25. The van der Waals surface area contributed by atoms with Gasteiger partial charge < -0.3 is 5.21 Å². The molecule has 0 amide bonds. The van der Waals surface area contributed by atoms with Crippen LogP contribution in [0.3, 0.4) is 0 Å². The summed E-state index contributed by atoms with van der Waals surface area (Å²) in [5.41, 5.74) is 0.646. The number of hydrogen-bond donors (Lipinski definition) is 1. The molecule has 0 fully saturated rings. The maximum atomic E-state index is 8.57. The number of hydrogen-bond acceptors (Lipinski definition) is 5. The summed E-state index contributed by atoms with van der Waals surface area (Å²) < 4.78 is 0. The van der Waals surface area contributed by atoms with Gasteiger partial charge in [-0.1, -0.05) is 5.16 Å². The number of nitrogens with zero attached hydrogens (tertiary/aromatic N) is 2. The van der Waals surface area contributed by atoms with Crippen molar-refractivity contribution in [3.63, 3.8) is 0 Å². The van der Waals surface area contributed by atoms with Crippen LogP contribution >= 0.6 is 23.1 Å². The fourth-order valence-electron chi connectivity index (χ4n) is 0.636. The van der Waals surface area contributed by atoms with Crippen LogP contribution in [0.1, 0.15) is 5.01 Å². The first-order valence-electron chi connectivity index (χ1n) is 2.98. The zero-order valence-corrected chi connectivity index (χ0v) is 7.65. The highest BCUT2D eigenvalue weighted by Crippen LogP contribution is 2.08. The molecule has 11 heavy (non-hydrogen) atoms. The minimum absolute atomic E-state index is 0.646. The van der Waals surface area contributed by atoms with Crippen molar-refractivity contribution in [3.05, 3.63) is 16.6 Å². The fourth-order valence-corrected chi connectivity index (χ4v) is 1.82. The van der Waals surface area contributed by atoms with Crippen molar-refractivity contribution in [3.8, 4) is 0 Å². The molecule has 0 aliphatic rings. The van der Waals surface area contributed by atoms with Gasteiger partial charge in [0.25, 0.3) is 0 Å². The van der Waals surface area contributed by atoms with Gasteiger partial charge in [0.2, 0.25) is 0 Å². The topological polar surface area (TPSA) is 45.5 Å². The molecule has 1 rings (SSSR count). The van der Waals surface area contributed by atoms with E-state index in [1.54, 1.807) is 18.0 Å². The lowest BCUT2D eigenvalue weighted by atomic mass is 10.4. The highest BCUT2D eigenvalue weighted by molar-refractivity contribution is 7.99. The first-order chi connectivity index (χ1) is 5.38. The summed E-state index contributed by atoms with van der Waals surface area (Å²) in [6, 6.07) is 0. The second-order valence-electron chi connectivity index (χ2n) is 1.82. The third-order valence-electron chi connectivity index (χ3n) is 1.08. The molecule has 0 radical (unpaired) electrons. The van der Waals surface area contributed by atoms with Crippen LogP contribution < -0.4 is 0 Å². The Labute approximate surface area is 73.2 Å². The first kappa shape index (κ1) is 8.55. The van der Waals surface area contributed by atoms with E-state index < -0.39 is 0 Å². The van der Waals surface area contributed by atoms with E-state index in [9.17, 15) is 0 Å². The second-order valence-corrected chi connectivity index (χ2v) is 3.58. The van der Waals surface area contributed by atoms with Crippen LogP contribution in [0.2, 0.25) is 0 Å². The molecule has 0 saturated heterocycles. The molecule has 0 atom stereocenters. The summed E-state index contributed by atoms with van der Waals surface area (Å²) in [5.74, 6) is 0.698. The molecule has 5 heteroatoms. The van der Waals surface area contributed by atoms with Crippen molar-refractivity contribution in [1.29, 1.82) is 0 Å². The number of thiazole rings is 1.